The van der Waals surface area contributed by atoms with Crippen LogP contribution in [0.3, 0.4) is 0 Å². The van der Waals surface area contributed by atoms with Crippen LogP contribution in [0.15, 0.2) is 48.7 Å². The third kappa shape index (κ3) is 7.77. The zero-order valence-electron chi connectivity index (χ0n) is 24.8. The van der Waals surface area contributed by atoms with Gasteiger partial charge in [0.05, 0.1) is 19.3 Å². The molecule has 1 fully saturated rings. The van der Waals surface area contributed by atoms with Crippen molar-refractivity contribution < 1.29 is 18.7 Å². The third-order valence-electron chi connectivity index (χ3n) is 7.91. The molecular weight excluding hydrogens is 533 g/mol. The number of anilines is 1. The Morgan fingerprint density at radius 1 is 1.31 bits per heavy atom. The van der Waals surface area contributed by atoms with Crippen LogP contribution in [0, 0.1) is 17.7 Å². The van der Waals surface area contributed by atoms with Crippen molar-refractivity contribution in [2.75, 3.05) is 38.3 Å². The highest BCUT2D eigenvalue weighted by molar-refractivity contribution is 6.10. The fraction of sp³-hybridized carbons (Fsp3) is 0.455. The molecular formula is C33H42FN5O3. The maximum atomic E-state index is 15.2. The van der Waals surface area contributed by atoms with Gasteiger partial charge in [0.2, 0.25) is 0 Å². The number of halogens is 1. The number of ether oxygens (including phenoxy) is 1. The van der Waals surface area contributed by atoms with Gasteiger partial charge in [0.15, 0.2) is 0 Å². The number of carbonyl (C=O) groups excluding carboxylic acids is 2. The molecule has 2 heterocycles. The normalized spacial score (nSPS) is 17.6. The number of fused-ring (bicyclic) bond motifs is 1. The van der Waals surface area contributed by atoms with Crippen molar-refractivity contribution in [1.82, 2.24) is 15.5 Å². The number of nitrogens with two attached hydrogens (primary N) is 1. The predicted molar refractivity (Wildman–Crippen MR) is 163 cm³/mol. The summed E-state index contributed by atoms with van der Waals surface area (Å²) in [5, 5.41) is 5.97. The quantitative estimate of drug-likeness (QED) is 0.191. The van der Waals surface area contributed by atoms with Gasteiger partial charge < -0.3 is 30.9 Å². The van der Waals surface area contributed by atoms with Crippen molar-refractivity contribution in [2.24, 2.45) is 5.73 Å². The predicted octanol–water partition coefficient (Wildman–Crippen LogP) is 3.79. The summed E-state index contributed by atoms with van der Waals surface area (Å²) in [5.74, 6) is 4.12. The second-order valence-electron chi connectivity index (χ2n) is 11.2. The van der Waals surface area contributed by atoms with Crippen LogP contribution in [0.1, 0.15) is 66.6 Å². The van der Waals surface area contributed by atoms with E-state index >= 15 is 4.39 Å². The van der Waals surface area contributed by atoms with Gasteiger partial charge in [-0.15, -0.1) is 0 Å². The number of hydrogen-bond donors (Lipinski definition) is 3. The van der Waals surface area contributed by atoms with Crippen LogP contribution in [0.4, 0.5) is 10.1 Å². The highest BCUT2D eigenvalue weighted by Crippen LogP contribution is 2.38. The Labute approximate surface area is 248 Å². The number of rotatable bonds is 13. The Balaban J connectivity index is 1.46. The summed E-state index contributed by atoms with van der Waals surface area (Å²) in [4.78, 5) is 28.5. The molecule has 0 aliphatic carbocycles. The average molecular weight is 576 g/mol. The molecule has 2 amide bonds. The van der Waals surface area contributed by atoms with Crippen LogP contribution in [0.2, 0.25) is 0 Å². The lowest BCUT2D eigenvalue weighted by atomic mass is 9.77. The topological polar surface area (TPSA) is 99.9 Å². The minimum absolute atomic E-state index is 0.166. The molecule has 0 spiro atoms. The monoisotopic (exact) mass is 575 g/mol. The van der Waals surface area contributed by atoms with Crippen LogP contribution >= 0.6 is 0 Å². The molecule has 2 aliphatic heterocycles. The van der Waals surface area contributed by atoms with Crippen molar-refractivity contribution in [2.45, 2.75) is 64.1 Å². The first-order chi connectivity index (χ1) is 20.2. The van der Waals surface area contributed by atoms with Crippen molar-refractivity contribution in [3.05, 3.63) is 76.7 Å². The summed E-state index contributed by atoms with van der Waals surface area (Å²) in [6.45, 7) is 6.72. The molecule has 1 saturated heterocycles. The zero-order valence-corrected chi connectivity index (χ0v) is 24.8. The summed E-state index contributed by atoms with van der Waals surface area (Å²) < 4.78 is 21.2. The van der Waals surface area contributed by atoms with Gasteiger partial charge in [0.1, 0.15) is 5.82 Å². The van der Waals surface area contributed by atoms with Crippen LogP contribution in [-0.4, -0.2) is 56.2 Å². The Kier molecular flexibility index (Phi) is 10.7. The first-order valence-corrected chi connectivity index (χ1v) is 14.6. The third-order valence-corrected chi connectivity index (χ3v) is 7.91. The molecule has 42 heavy (non-hydrogen) atoms. The summed E-state index contributed by atoms with van der Waals surface area (Å²) in [7, 11) is 1.93. The van der Waals surface area contributed by atoms with E-state index in [1.165, 1.54) is 6.07 Å². The van der Waals surface area contributed by atoms with E-state index in [-0.39, 0.29) is 35.7 Å². The molecule has 4 N–H and O–H groups in total. The number of amides is 2. The minimum Gasteiger partial charge on any atom is -0.378 e. The second kappa shape index (κ2) is 14.5. The van der Waals surface area contributed by atoms with E-state index in [2.05, 4.69) is 41.5 Å². The summed E-state index contributed by atoms with van der Waals surface area (Å²) in [6.07, 6.45) is 7.93. The van der Waals surface area contributed by atoms with Crippen LogP contribution < -0.4 is 21.3 Å². The molecule has 0 radical (unpaired) electrons. The van der Waals surface area contributed by atoms with E-state index in [0.29, 0.717) is 49.4 Å². The van der Waals surface area contributed by atoms with Gasteiger partial charge >= 0.3 is 0 Å². The van der Waals surface area contributed by atoms with Crippen molar-refractivity contribution in [3.63, 3.8) is 0 Å². The first-order valence-electron chi connectivity index (χ1n) is 14.6. The van der Waals surface area contributed by atoms with E-state index in [1.807, 2.05) is 36.3 Å². The molecule has 4 rings (SSSR count). The van der Waals surface area contributed by atoms with Gasteiger partial charge in [-0.25, -0.2) is 4.39 Å². The van der Waals surface area contributed by atoms with Gasteiger partial charge in [0, 0.05) is 49.0 Å². The smallest absolute Gasteiger partial charge is 0.295 e. The maximum Gasteiger partial charge on any atom is 0.295 e. The first kappa shape index (κ1) is 31.2. The lowest BCUT2D eigenvalue weighted by Crippen LogP contribution is -2.28. The highest BCUT2D eigenvalue weighted by atomic mass is 19.1. The average Bonchev–Trinajstić information content (AvgIpc) is 3.61. The molecule has 2 aliphatic rings. The molecule has 0 bridgehead atoms. The second-order valence-corrected chi connectivity index (χ2v) is 11.2. The lowest BCUT2D eigenvalue weighted by molar-refractivity contribution is -0.115. The largest absolute Gasteiger partial charge is 0.378 e. The molecule has 8 nitrogen and oxygen atoms in total. The number of allylic oxidation sites excluding steroid dienone is 1. The highest BCUT2D eigenvalue weighted by Gasteiger charge is 2.34. The molecule has 0 aromatic heterocycles. The molecule has 2 atom stereocenters. The minimum atomic E-state index is -0.377. The van der Waals surface area contributed by atoms with E-state index in [9.17, 15) is 9.59 Å². The van der Waals surface area contributed by atoms with E-state index < -0.39 is 0 Å². The number of nitrogens with one attached hydrogen (secondary N) is 2. The van der Waals surface area contributed by atoms with Gasteiger partial charge in [-0.2, -0.15) is 0 Å². The van der Waals surface area contributed by atoms with E-state index in [0.717, 1.165) is 37.1 Å². The van der Waals surface area contributed by atoms with Gasteiger partial charge in [-0.1, -0.05) is 31.1 Å². The molecule has 2 aromatic carbocycles. The lowest BCUT2D eigenvalue weighted by Gasteiger charge is -2.31. The molecule has 2 aromatic rings. The molecule has 9 heteroatoms. The van der Waals surface area contributed by atoms with Gasteiger partial charge in [-0.05, 0) is 86.7 Å². The zero-order chi connectivity index (χ0) is 30.1. The Morgan fingerprint density at radius 3 is 2.88 bits per heavy atom. The van der Waals surface area contributed by atoms with Gasteiger partial charge in [-0.3, -0.25) is 9.59 Å². The standard InChI is InChI=1S/C33H42FN5O3/c1-4-8-31(40)37-14-7-13-36-21-24-17-28-29(30(34)18-24)22-39(32(28)41)26-10-5-9-25(19-26)33(2,12-15-38(3)23-35)20-27-11-6-16-42-27/h5,9-10,12,15,17-19,27,36H,6-7,11,13-14,16,20-23,35H2,1-3H3,(H,37,40)/b15-12-/t27?,33-/m1/s1. The van der Waals surface area contributed by atoms with Crippen LogP contribution in [0.25, 0.3) is 0 Å². The Morgan fingerprint density at radius 2 is 2.14 bits per heavy atom. The van der Waals surface area contributed by atoms with Gasteiger partial charge in [0.25, 0.3) is 11.8 Å². The Bertz CT molecular complexity index is 1360. The SMILES string of the molecule is CC#CC(=O)NCCCNCc1cc(F)c2c(c1)C(=O)N(c1cccc([C@](C)(/C=C\N(C)CN)CC3CCCO3)c1)C2. The maximum absolute atomic E-state index is 15.2. The van der Waals surface area contributed by atoms with E-state index in [4.69, 9.17) is 10.5 Å². The molecule has 224 valence electrons. The van der Waals surface area contributed by atoms with Crippen LogP contribution in [-0.2, 0) is 28.0 Å². The van der Waals surface area contributed by atoms with Crippen LogP contribution in [0.5, 0.6) is 0 Å². The number of hydrogen-bond acceptors (Lipinski definition) is 6. The molecule has 1 unspecified atom stereocenters. The van der Waals surface area contributed by atoms with E-state index in [1.54, 1.807) is 17.9 Å². The Hall–Kier alpha value is -3.71. The van der Waals surface area contributed by atoms with Crippen molar-refractivity contribution >= 4 is 17.5 Å². The summed E-state index contributed by atoms with van der Waals surface area (Å²) >= 11 is 0. The summed E-state index contributed by atoms with van der Waals surface area (Å²) in [6, 6.07) is 11.2. The van der Waals surface area contributed by atoms with Crippen molar-refractivity contribution in [3.8, 4) is 11.8 Å². The number of carbonyl (C=O) groups is 2. The fourth-order valence-electron chi connectivity index (χ4n) is 5.48. The van der Waals surface area contributed by atoms with Crippen molar-refractivity contribution in [1.29, 1.82) is 0 Å². The fourth-order valence-corrected chi connectivity index (χ4v) is 5.48. The molecule has 0 saturated carbocycles. The number of nitrogens with zero attached hydrogens (tertiary/aromatic N) is 2. The summed E-state index contributed by atoms with van der Waals surface area (Å²) in [5.41, 5.74) is 8.78. The number of benzene rings is 2.